The van der Waals surface area contributed by atoms with Crippen molar-refractivity contribution in [2.24, 2.45) is 10.2 Å². The lowest BCUT2D eigenvalue weighted by atomic mass is 9.94. The van der Waals surface area contributed by atoms with Gasteiger partial charge in [0.25, 0.3) is 0 Å². The Labute approximate surface area is 148 Å². The molecule has 0 aromatic rings. The fourth-order valence-electron chi connectivity index (χ4n) is 4.45. The summed E-state index contributed by atoms with van der Waals surface area (Å²) in [5.41, 5.74) is -0.576. The van der Waals surface area contributed by atoms with Gasteiger partial charge in [0.2, 0.25) is 5.91 Å². The van der Waals surface area contributed by atoms with E-state index in [-0.39, 0.29) is 11.4 Å². The number of ether oxygens (including phenoxy) is 2. The number of nitrogens with zero attached hydrogens (tertiary/aromatic N) is 4. The lowest BCUT2D eigenvalue weighted by Crippen LogP contribution is -2.69. The molecule has 4 rings (SSSR count). The van der Waals surface area contributed by atoms with Gasteiger partial charge in [-0.05, 0) is 19.4 Å². The molecule has 2 atom stereocenters. The van der Waals surface area contributed by atoms with Crippen LogP contribution < -0.4 is 0 Å². The first-order valence-corrected chi connectivity index (χ1v) is 9.24. The van der Waals surface area contributed by atoms with Gasteiger partial charge in [-0.1, -0.05) is 0 Å². The van der Waals surface area contributed by atoms with E-state index in [0.29, 0.717) is 51.8 Å². The first-order chi connectivity index (χ1) is 12.2. The van der Waals surface area contributed by atoms with Crippen molar-refractivity contribution >= 4 is 5.91 Å². The van der Waals surface area contributed by atoms with Crippen LogP contribution in [-0.2, 0) is 14.3 Å². The summed E-state index contributed by atoms with van der Waals surface area (Å²) >= 11 is 0. The molecule has 1 amide bonds. The Morgan fingerprint density at radius 2 is 2.12 bits per heavy atom. The standard InChI is InChI=1S/C18H26N4O3/c1-2-3-7-18(19-20-18)8-6-16(23)21-11-17(13-25-14-21)12-24-10-15-5-4-9-22(15)17/h1,15H,3-14H2/t15-,17-/m0/s1. The van der Waals surface area contributed by atoms with Gasteiger partial charge in [0.1, 0.15) is 6.73 Å². The van der Waals surface area contributed by atoms with E-state index in [1.165, 1.54) is 12.8 Å². The Hall–Kier alpha value is -1.49. The van der Waals surface area contributed by atoms with E-state index in [1.54, 1.807) is 0 Å². The molecule has 136 valence electrons. The van der Waals surface area contributed by atoms with Crippen LogP contribution in [0.15, 0.2) is 10.2 Å². The number of rotatable bonds is 5. The zero-order valence-electron chi connectivity index (χ0n) is 14.7. The third kappa shape index (κ3) is 3.31. The molecule has 3 saturated heterocycles. The number of terminal acetylenes is 1. The van der Waals surface area contributed by atoms with Gasteiger partial charge in [0, 0.05) is 38.3 Å². The van der Waals surface area contributed by atoms with Gasteiger partial charge in [-0.15, -0.1) is 12.3 Å². The predicted molar refractivity (Wildman–Crippen MR) is 90.7 cm³/mol. The molecule has 25 heavy (non-hydrogen) atoms. The molecule has 1 spiro atoms. The van der Waals surface area contributed by atoms with E-state index in [9.17, 15) is 4.79 Å². The van der Waals surface area contributed by atoms with Crippen LogP contribution in [0.4, 0.5) is 0 Å². The number of hydrogen-bond acceptors (Lipinski definition) is 6. The number of fused-ring (bicyclic) bond motifs is 2. The fraction of sp³-hybridized carbons (Fsp3) is 0.833. The Balaban J connectivity index is 1.35. The van der Waals surface area contributed by atoms with Crippen LogP contribution in [0.2, 0.25) is 0 Å². The van der Waals surface area contributed by atoms with Crippen molar-refractivity contribution in [2.45, 2.75) is 55.8 Å². The zero-order chi connectivity index (χ0) is 17.3. The number of carbonyl (C=O) groups excluding carboxylic acids is 1. The smallest absolute Gasteiger partial charge is 0.224 e. The molecule has 0 aromatic carbocycles. The van der Waals surface area contributed by atoms with Gasteiger partial charge in [-0.25, -0.2) is 0 Å². The fourth-order valence-corrected chi connectivity index (χ4v) is 4.45. The predicted octanol–water partition coefficient (Wildman–Crippen LogP) is 1.39. The highest BCUT2D eigenvalue weighted by Gasteiger charge is 2.50. The monoisotopic (exact) mass is 346 g/mol. The summed E-state index contributed by atoms with van der Waals surface area (Å²) in [6.07, 6.45) is 10.1. The SMILES string of the molecule is C#CCCC1(CCC(=O)N2COC[C@@]3(COC[C@@H]4CCCN43)C2)N=N1. The Morgan fingerprint density at radius 1 is 1.28 bits per heavy atom. The van der Waals surface area contributed by atoms with Gasteiger partial charge < -0.3 is 14.4 Å². The van der Waals surface area contributed by atoms with Crippen molar-refractivity contribution in [3.05, 3.63) is 0 Å². The van der Waals surface area contributed by atoms with E-state index in [1.807, 2.05) is 4.90 Å². The molecule has 4 heterocycles. The van der Waals surface area contributed by atoms with E-state index < -0.39 is 5.66 Å². The van der Waals surface area contributed by atoms with Gasteiger partial charge in [-0.2, -0.15) is 10.2 Å². The minimum atomic E-state index is -0.398. The lowest BCUT2D eigenvalue weighted by Gasteiger charge is -2.52. The van der Waals surface area contributed by atoms with Gasteiger partial charge in [0.05, 0.1) is 25.4 Å². The molecular weight excluding hydrogens is 320 g/mol. The van der Waals surface area contributed by atoms with Crippen LogP contribution in [0.3, 0.4) is 0 Å². The molecule has 0 aliphatic carbocycles. The molecule has 0 bridgehead atoms. The molecule has 0 unspecified atom stereocenters. The van der Waals surface area contributed by atoms with Gasteiger partial charge in [0.15, 0.2) is 5.66 Å². The summed E-state index contributed by atoms with van der Waals surface area (Å²) < 4.78 is 11.7. The molecule has 0 N–H and O–H groups in total. The van der Waals surface area contributed by atoms with Crippen LogP contribution >= 0.6 is 0 Å². The summed E-state index contributed by atoms with van der Waals surface area (Å²) in [6, 6.07) is 0.475. The van der Waals surface area contributed by atoms with Crippen molar-refractivity contribution in [3.63, 3.8) is 0 Å². The van der Waals surface area contributed by atoms with Crippen molar-refractivity contribution < 1.29 is 14.3 Å². The highest BCUT2D eigenvalue weighted by molar-refractivity contribution is 5.76. The van der Waals surface area contributed by atoms with E-state index >= 15 is 0 Å². The second-order valence-corrected chi connectivity index (χ2v) is 7.68. The quantitative estimate of drug-likeness (QED) is 0.706. The topological polar surface area (TPSA) is 66.7 Å². The average molecular weight is 346 g/mol. The van der Waals surface area contributed by atoms with E-state index in [2.05, 4.69) is 21.0 Å². The van der Waals surface area contributed by atoms with Crippen LogP contribution in [-0.4, -0.2) is 72.6 Å². The summed E-state index contributed by atoms with van der Waals surface area (Å²) in [6.45, 7) is 4.22. The van der Waals surface area contributed by atoms with Crippen molar-refractivity contribution in [1.29, 1.82) is 0 Å². The second-order valence-electron chi connectivity index (χ2n) is 7.68. The van der Waals surface area contributed by atoms with Crippen LogP contribution in [0.5, 0.6) is 0 Å². The maximum absolute atomic E-state index is 12.7. The van der Waals surface area contributed by atoms with Crippen LogP contribution in [0.1, 0.15) is 38.5 Å². The minimum absolute atomic E-state index is 0.109. The van der Waals surface area contributed by atoms with Crippen molar-refractivity contribution in [2.75, 3.05) is 39.6 Å². The van der Waals surface area contributed by atoms with Crippen molar-refractivity contribution in [3.8, 4) is 12.3 Å². The molecule has 7 nitrogen and oxygen atoms in total. The largest absolute Gasteiger partial charge is 0.378 e. The van der Waals surface area contributed by atoms with Crippen LogP contribution in [0, 0.1) is 12.3 Å². The highest BCUT2D eigenvalue weighted by atomic mass is 16.5. The number of morpholine rings is 1. The maximum atomic E-state index is 12.7. The maximum Gasteiger partial charge on any atom is 0.224 e. The molecule has 0 radical (unpaired) electrons. The van der Waals surface area contributed by atoms with E-state index in [0.717, 1.165) is 19.6 Å². The molecule has 0 saturated carbocycles. The second kappa shape index (κ2) is 6.67. The first kappa shape index (κ1) is 17.0. The summed E-state index contributed by atoms with van der Waals surface area (Å²) in [5.74, 6) is 2.73. The molecule has 4 aliphatic heterocycles. The lowest BCUT2D eigenvalue weighted by molar-refractivity contribution is -0.182. The van der Waals surface area contributed by atoms with Crippen LogP contribution in [0.25, 0.3) is 0 Å². The highest BCUT2D eigenvalue weighted by Crippen LogP contribution is 2.38. The number of hydrogen-bond donors (Lipinski definition) is 0. The minimum Gasteiger partial charge on any atom is -0.378 e. The van der Waals surface area contributed by atoms with Gasteiger partial charge in [-0.3, -0.25) is 9.69 Å². The average Bonchev–Trinajstić information content (AvgIpc) is 3.23. The Morgan fingerprint density at radius 3 is 2.92 bits per heavy atom. The molecule has 4 aliphatic rings. The Bertz CT molecular complexity index is 592. The molecule has 3 fully saturated rings. The molecule has 0 aromatic heterocycles. The van der Waals surface area contributed by atoms with Crippen molar-refractivity contribution in [1.82, 2.24) is 9.80 Å². The third-order valence-electron chi connectivity index (χ3n) is 5.91. The first-order valence-electron chi connectivity index (χ1n) is 9.24. The normalized spacial score (nSPS) is 33.2. The summed E-state index contributed by atoms with van der Waals surface area (Å²) in [4.78, 5) is 17.1. The molecule has 7 heteroatoms. The zero-order valence-corrected chi connectivity index (χ0v) is 14.7. The number of amides is 1. The number of carbonyl (C=O) groups is 1. The summed E-state index contributed by atoms with van der Waals surface area (Å²) in [5, 5.41) is 8.23. The summed E-state index contributed by atoms with van der Waals surface area (Å²) in [7, 11) is 0. The molecular formula is C18H26N4O3. The van der Waals surface area contributed by atoms with Gasteiger partial charge >= 0.3 is 0 Å². The third-order valence-corrected chi connectivity index (χ3v) is 5.91. The van der Waals surface area contributed by atoms with E-state index in [4.69, 9.17) is 15.9 Å². The Kier molecular flexibility index (Phi) is 4.52.